The minimum absolute atomic E-state index is 0.0619. The highest BCUT2D eigenvalue weighted by Crippen LogP contribution is 2.50. The minimum Gasteiger partial charge on any atom is -0.335 e. The highest BCUT2D eigenvalue weighted by Gasteiger charge is 2.51. The number of anilines is 1. The molecule has 0 unspecified atom stereocenters. The monoisotopic (exact) mass is 370 g/mol. The summed E-state index contributed by atoms with van der Waals surface area (Å²) in [7, 11) is 0. The summed E-state index contributed by atoms with van der Waals surface area (Å²) in [5.41, 5.74) is 0.694. The molecule has 1 spiro atoms. The normalized spacial score (nSPS) is 18.4. The van der Waals surface area contributed by atoms with Crippen molar-refractivity contribution >= 4 is 16.9 Å². The Kier molecular flexibility index (Phi) is 3.44. The van der Waals surface area contributed by atoms with Crippen LogP contribution in [-0.2, 0) is 6.18 Å². The number of aromatic nitrogens is 3. The second-order valence-corrected chi connectivity index (χ2v) is 7.34. The van der Waals surface area contributed by atoms with Gasteiger partial charge in [-0.15, -0.1) is 0 Å². The maximum atomic E-state index is 13.3. The van der Waals surface area contributed by atoms with E-state index >= 15 is 0 Å². The predicted molar refractivity (Wildman–Crippen MR) is 96.3 cm³/mol. The molecule has 0 N–H and O–H groups in total. The Morgan fingerprint density at radius 3 is 2.67 bits per heavy atom. The summed E-state index contributed by atoms with van der Waals surface area (Å²) in [6, 6.07) is 6.13. The van der Waals surface area contributed by atoms with E-state index in [-0.39, 0.29) is 11.1 Å². The largest absolute Gasteiger partial charge is 0.417 e. The number of hydrogen-bond acceptors (Lipinski definition) is 4. The van der Waals surface area contributed by atoms with Gasteiger partial charge in [-0.25, -0.2) is 9.97 Å². The molecular weight excluding hydrogens is 353 g/mol. The van der Waals surface area contributed by atoms with Gasteiger partial charge in [0.2, 0.25) is 5.95 Å². The molecule has 138 valence electrons. The van der Waals surface area contributed by atoms with Crippen molar-refractivity contribution in [2.75, 3.05) is 11.4 Å². The second kappa shape index (κ2) is 5.65. The van der Waals surface area contributed by atoms with Gasteiger partial charge in [0.05, 0.1) is 11.1 Å². The summed E-state index contributed by atoms with van der Waals surface area (Å²) in [5.74, 6) is 0.678. The van der Waals surface area contributed by atoms with E-state index in [0.717, 1.165) is 30.6 Å². The van der Waals surface area contributed by atoms with Crippen LogP contribution in [0.5, 0.6) is 0 Å². The van der Waals surface area contributed by atoms with Crippen molar-refractivity contribution in [2.24, 2.45) is 0 Å². The number of benzene rings is 1. The number of fused-ring (bicyclic) bond motifs is 1. The molecule has 2 aliphatic rings. The lowest BCUT2D eigenvalue weighted by atomic mass is 10.0. The van der Waals surface area contributed by atoms with E-state index in [0.29, 0.717) is 17.0 Å². The van der Waals surface area contributed by atoms with Gasteiger partial charge in [0.15, 0.2) is 0 Å². The first-order valence-electron chi connectivity index (χ1n) is 9.02. The molecule has 5 rings (SSSR count). The number of pyridine rings is 1. The first-order valence-corrected chi connectivity index (χ1v) is 9.02. The third-order valence-corrected chi connectivity index (χ3v) is 5.67. The fourth-order valence-corrected chi connectivity index (χ4v) is 4.10. The summed E-state index contributed by atoms with van der Waals surface area (Å²) >= 11 is 0. The number of rotatable bonds is 2. The average molecular weight is 370 g/mol. The molecule has 7 heteroatoms. The van der Waals surface area contributed by atoms with Gasteiger partial charge in [0.1, 0.15) is 0 Å². The molecule has 1 aliphatic heterocycles. The topological polar surface area (TPSA) is 41.9 Å². The van der Waals surface area contributed by atoms with Gasteiger partial charge >= 0.3 is 6.18 Å². The van der Waals surface area contributed by atoms with Gasteiger partial charge in [0, 0.05) is 41.6 Å². The molecule has 2 fully saturated rings. The van der Waals surface area contributed by atoms with Crippen LogP contribution in [-0.4, -0.2) is 27.0 Å². The highest BCUT2D eigenvalue weighted by atomic mass is 19.4. The molecule has 3 heterocycles. The Morgan fingerprint density at radius 2 is 1.89 bits per heavy atom. The summed E-state index contributed by atoms with van der Waals surface area (Å²) in [4.78, 5) is 15.3. The number of halogens is 3. The Bertz CT molecular complexity index is 1030. The Balaban J connectivity index is 1.60. The molecule has 0 amide bonds. The van der Waals surface area contributed by atoms with Crippen LogP contribution in [0, 0.1) is 0 Å². The SMILES string of the molecule is FC(F)(F)c1ccncc1-c1ccc2cnc(N3CCCC34CC4)nc2c1. The second-order valence-electron chi connectivity index (χ2n) is 7.34. The molecule has 3 aromatic rings. The molecular formula is C20H17F3N4. The zero-order valence-corrected chi connectivity index (χ0v) is 14.5. The van der Waals surface area contributed by atoms with Crippen LogP contribution in [0.2, 0.25) is 0 Å². The Labute approximate surface area is 154 Å². The average Bonchev–Trinajstić information content (AvgIpc) is 3.31. The molecule has 4 nitrogen and oxygen atoms in total. The van der Waals surface area contributed by atoms with E-state index in [1.54, 1.807) is 24.4 Å². The van der Waals surface area contributed by atoms with Crippen molar-refractivity contribution in [3.63, 3.8) is 0 Å². The smallest absolute Gasteiger partial charge is 0.335 e. The summed E-state index contributed by atoms with van der Waals surface area (Å²) in [6.45, 7) is 0.937. The third-order valence-electron chi connectivity index (χ3n) is 5.67. The molecule has 1 aromatic carbocycles. The van der Waals surface area contributed by atoms with E-state index in [4.69, 9.17) is 0 Å². The van der Waals surface area contributed by atoms with Crippen molar-refractivity contribution in [3.8, 4) is 11.1 Å². The van der Waals surface area contributed by atoms with Gasteiger partial charge in [-0.3, -0.25) is 4.98 Å². The molecule has 2 aromatic heterocycles. The zero-order chi connectivity index (χ0) is 18.6. The molecule has 27 heavy (non-hydrogen) atoms. The molecule has 0 atom stereocenters. The van der Waals surface area contributed by atoms with Crippen LogP contribution in [0.1, 0.15) is 31.2 Å². The van der Waals surface area contributed by atoms with Crippen LogP contribution in [0.4, 0.5) is 19.1 Å². The van der Waals surface area contributed by atoms with Gasteiger partial charge in [-0.2, -0.15) is 13.2 Å². The van der Waals surface area contributed by atoms with Gasteiger partial charge in [0.25, 0.3) is 0 Å². The fourth-order valence-electron chi connectivity index (χ4n) is 4.10. The van der Waals surface area contributed by atoms with Gasteiger partial charge < -0.3 is 4.90 Å². The summed E-state index contributed by atoms with van der Waals surface area (Å²) < 4.78 is 40.0. The van der Waals surface area contributed by atoms with Crippen LogP contribution in [0.25, 0.3) is 22.0 Å². The van der Waals surface area contributed by atoms with E-state index in [1.807, 2.05) is 0 Å². The summed E-state index contributed by atoms with van der Waals surface area (Å²) in [6.07, 6.45) is 4.37. The molecule has 0 bridgehead atoms. The predicted octanol–water partition coefficient (Wildman–Crippen LogP) is 4.84. The maximum Gasteiger partial charge on any atom is 0.417 e. The van der Waals surface area contributed by atoms with Crippen molar-refractivity contribution in [1.29, 1.82) is 0 Å². The van der Waals surface area contributed by atoms with Crippen molar-refractivity contribution in [1.82, 2.24) is 15.0 Å². The lowest BCUT2D eigenvalue weighted by Crippen LogP contribution is -2.32. The van der Waals surface area contributed by atoms with E-state index in [9.17, 15) is 13.2 Å². The maximum absolute atomic E-state index is 13.3. The molecule has 1 saturated carbocycles. The zero-order valence-electron chi connectivity index (χ0n) is 14.5. The first kappa shape index (κ1) is 16.5. The van der Waals surface area contributed by atoms with E-state index < -0.39 is 11.7 Å². The van der Waals surface area contributed by atoms with E-state index in [1.165, 1.54) is 25.5 Å². The van der Waals surface area contributed by atoms with Crippen molar-refractivity contribution in [3.05, 3.63) is 48.4 Å². The van der Waals surface area contributed by atoms with Crippen molar-refractivity contribution in [2.45, 2.75) is 37.4 Å². The fraction of sp³-hybridized carbons (Fsp3) is 0.350. The standard InChI is InChI=1S/C20H17F3N4/c21-20(22,23)16-4-8-24-12-15(16)13-2-3-14-11-25-18(26-17(14)10-13)27-9-1-5-19(27)6-7-19/h2-4,8,10-12H,1,5-7,9H2. The van der Waals surface area contributed by atoms with E-state index in [2.05, 4.69) is 19.9 Å². The van der Waals surface area contributed by atoms with Crippen LogP contribution < -0.4 is 4.90 Å². The minimum atomic E-state index is -4.43. The van der Waals surface area contributed by atoms with Gasteiger partial charge in [-0.1, -0.05) is 12.1 Å². The Morgan fingerprint density at radius 1 is 1.04 bits per heavy atom. The summed E-state index contributed by atoms with van der Waals surface area (Å²) in [5, 5.41) is 0.809. The molecule has 1 saturated heterocycles. The van der Waals surface area contributed by atoms with Crippen molar-refractivity contribution < 1.29 is 13.2 Å². The highest BCUT2D eigenvalue weighted by molar-refractivity contribution is 5.85. The lowest BCUT2D eigenvalue weighted by Gasteiger charge is -2.24. The third kappa shape index (κ3) is 2.72. The van der Waals surface area contributed by atoms with Crippen LogP contribution in [0.15, 0.2) is 42.9 Å². The van der Waals surface area contributed by atoms with Gasteiger partial charge in [-0.05, 0) is 43.4 Å². The molecule has 1 aliphatic carbocycles. The number of hydrogen-bond donors (Lipinski definition) is 0. The van der Waals surface area contributed by atoms with Crippen LogP contribution in [0.3, 0.4) is 0 Å². The van der Waals surface area contributed by atoms with Crippen LogP contribution >= 0.6 is 0 Å². The first-order chi connectivity index (χ1) is 13.0. The Hall–Kier alpha value is -2.70. The number of alkyl halides is 3. The lowest BCUT2D eigenvalue weighted by molar-refractivity contribution is -0.137. The number of nitrogens with zero attached hydrogens (tertiary/aromatic N) is 4. The quantitative estimate of drug-likeness (QED) is 0.647. The molecule has 0 radical (unpaired) electrons.